The highest BCUT2D eigenvalue weighted by molar-refractivity contribution is 4.70. The van der Waals surface area contributed by atoms with E-state index in [2.05, 4.69) is 4.74 Å². The molecule has 0 bridgehead atoms. The summed E-state index contributed by atoms with van der Waals surface area (Å²) in [7, 11) is 0. The molecule has 0 aromatic rings. The van der Waals surface area contributed by atoms with Crippen LogP contribution in [0.4, 0.5) is 22.0 Å². The Morgan fingerprint density at radius 1 is 0.833 bits per heavy atom. The minimum absolute atomic E-state index is 1.12. The van der Waals surface area contributed by atoms with Crippen LogP contribution >= 0.6 is 0 Å². The Hall–Kier alpha value is -0.390. The molecule has 0 aromatic carbocycles. The van der Waals surface area contributed by atoms with Gasteiger partial charge in [-0.3, -0.25) is 0 Å². The smallest absolute Gasteiger partial charge is 0.307 e. The summed E-state index contributed by atoms with van der Waals surface area (Å²) in [5.41, 5.74) is -1.53. The van der Waals surface area contributed by atoms with Crippen LogP contribution in [0.2, 0.25) is 0 Å². The van der Waals surface area contributed by atoms with E-state index in [-0.39, 0.29) is 0 Å². The second-order valence-electron chi connectivity index (χ2n) is 3.23. The largest absolute Gasteiger partial charge is 0.482 e. The van der Waals surface area contributed by atoms with Gasteiger partial charge in [-0.05, 0) is 20.8 Å². The molecule has 0 fully saturated rings. The monoisotopic (exact) mass is 192 g/mol. The van der Waals surface area contributed by atoms with Gasteiger partial charge in [0.2, 0.25) is 0 Å². The van der Waals surface area contributed by atoms with Gasteiger partial charge >= 0.3 is 12.3 Å². The van der Waals surface area contributed by atoms with Crippen LogP contribution in [0.5, 0.6) is 0 Å². The lowest BCUT2D eigenvalue weighted by molar-refractivity contribution is -0.412. The Morgan fingerprint density at radius 2 is 1.17 bits per heavy atom. The van der Waals surface area contributed by atoms with Gasteiger partial charge in [-0.15, -0.1) is 0 Å². The van der Waals surface area contributed by atoms with Crippen molar-refractivity contribution in [1.82, 2.24) is 0 Å². The van der Waals surface area contributed by atoms with Crippen LogP contribution in [-0.4, -0.2) is 17.9 Å². The van der Waals surface area contributed by atoms with Gasteiger partial charge in [0.25, 0.3) is 0 Å². The zero-order valence-electron chi connectivity index (χ0n) is 6.80. The Morgan fingerprint density at radius 3 is 1.25 bits per heavy atom. The maximum atomic E-state index is 12.1. The SMILES string of the molecule is CC(C)(C)OC(F)(F)C(F)(F)F. The van der Waals surface area contributed by atoms with Gasteiger partial charge in [-0.25, -0.2) is 0 Å². The van der Waals surface area contributed by atoms with Crippen LogP contribution in [0.1, 0.15) is 20.8 Å². The van der Waals surface area contributed by atoms with Crippen LogP contribution in [0.15, 0.2) is 0 Å². The molecule has 1 nitrogen and oxygen atoms in total. The van der Waals surface area contributed by atoms with Crippen molar-refractivity contribution in [2.45, 2.75) is 38.7 Å². The van der Waals surface area contributed by atoms with E-state index in [0.717, 1.165) is 20.8 Å². The lowest BCUT2D eigenvalue weighted by Gasteiger charge is -2.27. The molecule has 0 rings (SSSR count). The predicted octanol–water partition coefficient (Wildman–Crippen LogP) is 2.96. The number of ether oxygens (including phenoxy) is 1. The molecular weight excluding hydrogens is 183 g/mol. The van der Waals surface area contributed by atoms with Gasteiger partial charge in [0.05, 0.1) is 5.60 Å². The number of halogens is 5. The zero-order chi connectivity index (χ0) is 10.2. The van der Waals surface area contributed by atoms with Gasteiger partial charge in [-0.2, -0.15) is 22.0 Å². The van der Waals surface area contributed by atoms with Gasteiger partial charge in [0.1, 0.15) is 0 Å². The van der Waals surface area contributed by atoms with E-state index in [1.165, 1.54) is 0 Å². The summed E-state index contributed by atoms with van der Waals surface area (Å²) < 4.78 is 62.2. The van der Waals surface area contributed by atoms with Gasteiger partial charge in [-0.1, -0.05) is 0 Å². The van der Waals surface area contributed by atoms with E-state index >= 15 is 0 Å². The summed E-state index contributed by atoms with van der Waals surface area (Å²) in [5.74, 6) is 0. The van der Waals surface area contributed by atoms with Crippen LogP contribution in [0, 0.1) is 0 Å². The van der Waals surface area contributed by atoms with Crippen molar-refractivity contribution in [3.8, 4) is 0 Å². The number of alkyl halides is 5. The molecule has 0 heterocycles. The third kappa shape index (κ3) is 3.34. The van der Waals surface area contributed by atoms with E-state index in [9.17, 15) is 22.0 Å². The van der Waals surface area contributed by atoms with Gasteiger partial charge < -0.3 is 4.74 Å². The molecule has 0 radical (unpaired) electrons. The van der Waals surface area contributed by atoms with Gasteiger partial charge in [0.15, 0.2) is 0 Å². The van der Waals surface area contributed by atoms with Crippen LogP contribution in [-0.2, 0) is 4.74 Å². The van der Waals surface area contributed by atoms with Crippen molar-refractivity contribution in [2.24, 2.45) is 0 Å². The fraction of sp³-hybridized carbons (Fsp3) is 1.00. The summed E-state index contributed by atoms with van der Waals surface area (Å²) in [4.78, 5) is 0. The molecule has 0 N–H and O–H groups in total. The summed E-state index contributed by atoms with van der Waals surface area (Å²) in [6.45, 7) is 3.35. The summed E-state index contributed by atoms with van der Waals surface area (Å²) >= 11 is 0. The van der Waals surface area contributed by atoms with Gasteiger partial charge in [0, 0.05) is 0 Å². The minimum Gasteiger partial charge on any atom is -0.307 e. The first kappa shape index (κ1) is 11.6. The molecule has 6 heteroatoms. The first-order chi connectivity index (χ1) is 4.96. The van der Waals surface area contributed by atoms with Crippen molar-refractivity contribution >= 4 is 0 Å². The molecule has 0 amide bonds. The maximum absolute atomic E-state index is 12.1. The van der Waals surface area contributed by atoms with E-state index < -0.39 is 17.9 Å². The summed E-state index contributed by atoms with van der Waals surface area (Å²) in [6, 6.07) is 0. The minimum atomic E-state index is -5.65. The average Bonchev–Trinajstić information content (AvgIpc) is 1.52. The number of hydrogen-bond donors (Lipinski definition) is 0. The summed E-state index contributed by atoms with van der Waals surface area (Å²) in [6.07, 6.45) is -10.7. The van der Waals surface area contributed by atoms with E-state index in [0.29, 0.717) is 0 Å². The molecule has 0 aromatic heterocycles. The predicted molar refractivity (Wildman–Crippen MR) is 31.8 cm³/mol. The van der Waals surface area contributed by atoms with Crippen LogP contribution < -0.4 is 0 Å². The number of hydrogen-bond acceptors (Lipinski definition) is 1. The Bertz CT molecular complexity index is 154. The lowest BCUT2D eigenvalue weighted by Crippen LogP contribution is -2.44. The molecule has 0 aliphatic rings. The molecular formula is C6H9F5O. The third-order valence-corrected chi connectivity index (χ3v) is 0.764. The van der Waals surface area contributed by atoms with Crippen molar-refractivity contribution in [1.29, 1.82) is 0 Å². The Balaban J connectivity index is 4.44. The molecule has 0 atom stereocenters. The third-order valence-electron chi connectivity index (χ3n) is 0.764. The standard InChI is InChI=1S/C6H9F5O/c1-4(2,3)12-6(10,11)5(7,8)9/h1-3H3. The van der Waals surface area contributed by atoms with Crippen LogP contribution in [0.3, 0.4) is 0 Å². The Labute approximate surface area is 66.5 Å². The second kappa shape index (κ2) is 2.83. The number of rotatable bonds is 1. The van der Waals surface area contributed by atoms with Crippen molar-refractivity contribution in [3.63, 3.8) is 0 Å². The van der Waals surface area contributed by atoms with Crippen molar-refractivity contribution in [2.75, 3.05) is 0 Å². The normalized spacial score (nSPS) is 15.0. The lowest BCUT2D eigenvalue weighted by atomic mass is 10.2. The molecule has 0 unspecified atom stereocenters. The fourth-order valence-electron chi connectivity index (χ4n) is 0.442. The average molecular weight is 192 g/mol. The first-order valence-corrected chi connectivity index (χ1v) is 3.10. The molecule has 74 valence electrons. The first-order valence-electron chi connectivity index (χ1n) is 3.10. The molecule has 0 spiro atoms. The highest BCUT2D eigenvalue weighted by Gasteiger charge is 2.61. The summed E-state index contributed by atoms with van der Waals surface area (Å²) in [5, 5.41) is 0. The van der Waals surface area contributed by atoms with Crippen LogP contribution in [0.25, 0.3) is 0 Å². The highest BCUT2D eigenvalue weighted by Crippen LogP contribution is 2.38. The van der Waals surface area contributed by atoms with E-state index in [1.54, 1.807) is 0 Å². The topological polar surface area (TPSA) is 9.23 Å². The van der Waals surface area contributed by atoms with E-state index in [4.69, 9.17) is 0 Å². The molecule has 12 heavy (non-hydrogen) atoms. The second-order valence-corrected chi connectivity index (χ2v) is 3.23. The molecule has 0 saturated carbocycles. The highest BCUT2D eigenvalue weighted by atomic mass is 19.4. The zero-order valence-corrected chi connectivity index (χ0v) is 6.80. The Kier molecular flexibility index (Phi) is 2.74. The van der Waals surface area contributed by atoms with Crippen molar-refractivity contribution in [3.05, 3.63) is 0 Å². The van der Waals surface area contributed by atoms with E-state index in [1.807, 2.05) is 0 Å². The fourth-order valence-corrected chi connectivity index (χ4v) is 0.442. The molecule has 0 saturated heterocycles. The maximum Gasteiger partial charge on any atom is 0.482 e. The molecule has 0 aliphatic carbocycles. The quantitative estimate of drug-likeness (QED) is 0.580. The van der Waals surface area contributed by atoms with Crippen molar-refractivity contribution < 1.29 is 26.7 Å². The molecule has 0 aliphatic heterocycles.